The number of ether oxygens (including phenoxy) is 1. The summed E-state index contributed by atoms with van der Waals surface area (Å²) in [5.41, 5.74) is 4.56. The molecule has 0 aliphatic heterocycles. The normalized spacial score (nSPS) is 11.4. The van der Waals surface area contributed by atoms with Gasteiger partial charge in [-0.15, -0.1) is 0 Å². The Morgan fingerprint density at radius 2 is 1.93 bits per heavy atom. The highest BCUT2D eigenvalue weighted by Crippen LogP contribution is 2.36. The molecule has 7 heteroatoms. The third kappa shape index (κ3) is 3.43. The van der Waals surface area contributed by atoms with Gasteiger partial charge in [0.15, 0.2) is 0 Å². The van der Waals surface area contributed by atoms with Gasteiger partial charge in [-0.3, -0.25) is 4.72 Å². The van der Waals surface area contributed by atoms with Crippen LogP contribution in [-0.2, 0) is 16.6 Å². The van der Waals surface area contributed by atoms with Crippen LogP contribution in [0.25, 0.3) is 22.2 Å². The van der Waals surface area contributed by atoms with Gasteiger partial charge < -0.3 is 9.30 Å². The number of aryl methyl sites for hydroxylation is 2. The van der Waals surface area contributed by atoms with Crippen LogP contribution in [0.2, 0.25) is 0 Å². The highest BCUT2D eigenvalue weighted by molar-refractivity contribution is 7.92. The van der Waals surface area contributed by atoms with E-state index in [2.05, 4.69) is 15.4 Å². The van der Waals surface area contributed by atoms with E-state index in [1.54, 1.807) is 20.1 Å². The van der Waals surface area contributed by atoms with E-state index < -0.39 is 10.0 Å². The van der Waals surface area contributed by atoms with Crippen molar-refractivity contribution in [3.63, 3.8) is 0 Å². The van der Waals surface area contributed by atoms with Crippen LogP contribution in [-0.4, -0.2) is 25.8 Å². The number of sulfonamides is 1. The first kappa shape index (κ1) is 19.8. The van der Waals surface area contributed by atoms with Crippen molar-refractivity contribution in [2.45, 2.75) is 27.3 Å². The van der Waals surface area contributed by atoms with E-state index in [1.807, 2.05) is 44.2 Å². The highest BCUT2D eigenvalue weighted by Gasteiger charge is 2.19. The molecule has 0 aliphatic carbocycles. The highest BCUT2D eigenvalue weighted by atomic mass is 32.2. The minimum atomic E-state index is -3.35. The monoisotopic (exact) mass is 397 g/mol. The number of fused-ring (bicyclic) bond motifs is 1. The fraction of sp³-hybridized carbons (Fsp3) is 0.286. The number of anilines is 1. The van der Waals surface area contributed by atoms with Gasteiger partial charge in [-0.1, -0.05) is 6.07 Å². The third-order valence-corrected chi connectivity index (χ3v) is 6.14. The molecule has 0 amide bonds. The zero-order valence-electron chi connectivity index (χ0n) is 16.4. The number of nitriles is 1. The second kappa shape index (κ2) is 7.56. The van der Waals surface area contributed by atoms with Crippen molar-refractivity contribution in [2.75, 3.05) is 17.6 Å². The molecular weight excluding hydrogens is 374 g/mol. The molecule has 3 aromatic rings. The van der Waals surface area contributed by atoms with Crippen molar-refractivity contribution >= 4 is 26.6 Å². The standard InChI is InChI=1S/C21H23N3O3S/c1-5-24-20-12-16(27-4)8-9-17(20)18(13-22)21(24)15-7-10-19(14(3)11-15)23-28(25,26)6-2/h7-12,23H,5-6H2,1-4H3. The van der Waals surface area contributed by atoms with E-state index in [1.165, 1.54) is 0 Å². The van der Waals surface area contributed by atoms with Gasteiger partial charge in [-0.05, 0) is 56.2 Å². The molecular formula is C21H23N3O3S. The second-order valence-corrected chi connectivity index (χ2v) is 8.51. The van der Waals surface area contributed by atoms with Crippen LogP contribution in [0.3, 0.4) is 0 Å². The van der Waals surface area contributed by atoms with E-state index in [0.717, 1.165) is 33.5 Å². The van der Waals surface area contributed by atoms with Crippen molar-refractivity contribution in [3.8, 4) is 23.1 Å². The fourth-order valence-corrected chi connectivity index (χ4v) is 4.07. The Morgan fingerprint density at radius 3 is 2.50 bits per heavy atom. The van der Waals surface area contributed by atoms with Gasteiger partial charge in [0, 0.05) is 18.0 Å². The maximum Gasteiger partial charge on any atom is 0.232 e. The summed E-state index contributed by atoms with van der Waals surface area (Å²) in [7, 11) is -1.73. The smallest absolute Gasteiger partial charge is 0.232 e. The largest absolute Gasteiger partial charge is 0.497 e. The molecule has 0 radical (unpaired) electrons. The Hall–Kier alpha value is -2.98. The SMILES string of the molecule is CCn1c(-c2ccc(NS(=O)(=O)CC)c(C)c2)c(C#N)c2ccc(OC)cc21. The quantitative estimate of drug-likeness (QED) is 0.673. The van der Waals surface area contributed by atoms with Gasteiger partial charge in [-0.2, -0.15) is 5.26 Å². The van der Waals surface area contributed by atoms with Crippen molar-refractivity contribution < 1.29 is 13.2 Å². The van der Waals surface area contributed by atoms with Crippen molar-refractivity contribution in [3.05, 3.63) is 47.5 Å². The minimum Gasteiger partial charge on any atom is -0.497 e. The maximum atomic E-state index is 11.9. The van der Waals surface area contributed by atoms with Gasteiger partial charge in [0.2, 0.25) is 10.0 Å². The first-order valence-corrected chi connectivity index (χ1v) is 10.7. The third-order valence-electron chi connectivity index (χ3n) is 4.85. The lowest BCUT2D eigenvalue weighted by Gasteiger charge is -2.13. The Kier molecular flexibility index (Phi) is 5.34. The molecule has 0 aliphatic rings. The summed E-state index contributed by atoms with van der Waals surface area (Å²) in [5, 5.41) is 10.7. The van der Waals surface area contributed by atoms with E-state index in [4.69, 9.17) is 4.74 Å². The number of methoxy groups -OCH3 is 1. The van der Waals surface area contributed by atoms with Gasteiger partial charge in [0.1, 0.15) is 11.8 Å². The average molecular weight is 398 g/mol. The van der Waals surface area contributed by atoms with Crippen LogP contribution in [0, 0.1) is 18.3 Å². The topological polar surface area (TPSA) is 84.1 Å². The number of hydrogen-bond acceptors (Lipinski definition) is 4. The molecule has 2 aromatic carbocycles. The zero-order chi connectivity index (χ0) is 20.5. The van der Waals surface area contributed by atoms with Gasteiger partial charge >= 0.3 is 0 Å². The molecule has 0 atom stereocenters. The van der Waals surface area contributed by atoms with Gasteiger partial charge in [0.05, 0.1) is 35.3 Å². The fourth-order valence-electron chi connectivity index (χ4n) is 3.36. The lowest BCUT2D eigenvalue weighted by atomic mass is 10.0. The molecule has 0 saturated carbocycles. The Morgan fingerprint density at radius 1 is 1.18 bits per heavy atom. The first-order chi connectivity index (χ1) is 13.3. The Labute approximate surface area is 165 Å². The summed E-state index contributed by atoms with van der Waals surface area (Å²) in [4.78, 5) is 0. The molecule has 0 bridgehead atoms. The van der Waals surface area contributed by atoms with Crippen LogP contribution < -0.4 is 9.46 Å². The summed E-state index contributed by atoms with van der Waals surface area (Å²) in [6, 6.07) is 13.5. The zero-order valence-corrected chi connectivity index (χ0v) is 17.2. The molecule has 28 heavy (non-hydrogen) atoms. The molecule has 146 valence electrons. The van der Waals surface area contributed by atoms with Crippen LogP contribution in [0.5, 0.6) is 5.75 Å². The van der Waals surface area contributed by atoms with Crippen molar-refractivity contribution in [1.29, 1.82) is 5.26 Å². The molecule has 1 aromatic heterocycles. The number of hydrogen-bond donors (Lipinski definition) is 1. The molecule has 0 spiro atoms. The van der Waals surface area contributed by atoms with Gasteiger partial charge in [0.25, 0.3) is 0 Å². The summed E-state index contributed by atoms with van der Waals surface area (Å²) >= 11 is 0. The molecule has 3 rings (SSSR count). The number of aromatic nitrogens is 1. The van der Waals surface area contributed by atoms with Gasteiger partial charge in [-0.25, -0.2) is 8.42 Å². The van der Waals surface area contributed by atoms with Crippen LogP contribution >= 0.6 is 0 Å². The molecule has 0 unspecified atom stereocenters. The summed E-state index contributed by atoms with van der Waals surface area (Å²) in [6.07, 6.45) is 0. The molecule has 1 heterocycles. The molecule has 0 fully saturated rings. The van der Waals surface area contributed by atoms with Crippen LogP contribution in [0.4, 0.5) is 5.69 Å². The minimum absolute atomic E-state index is 0.0126. The first-order valence-electron chi connectivity index (χ1n) is 9.07. The van der Waals surface area contributed by atoms with Crippen LogP contribution in [0.1, 0.15) is 25.0 Å². The molecule has 1 N–H and O–H groups in total. The number of rotatable bonds is 6. The summed E-state index contributed by atoms with van der Waals surface area (Å²) < 4.78 is 33.8. The Bertz CT molecular complexity index is 1190. The van der Waals surface area contributed by atoms with Crippen molar-refractivity contribution in [1.82, 2.24) is 4.57 Å². The van der Waals surface area contributed by atoms with E-state index in [0.29, 0.717) is 17.8 Å². The Balaban J connectivity index is 2.21. The lowest BCUT2D eigenvalue weighted by molar-refractivity contribution is 0.415. The summed E-state index contributed by atoms with van der Waals surface area (Å²) in [5.74, 6) is 0.745. The van der Waals surface area contributed by atoms with E-state index in [9.17, 15) is 13.7 Å². The number of nitrogens with one attached hydrogen (secondary N) is 1. The van der Waals surface area contributed by atoms with Crippen LogP contribution in [0.15, 0.2) is 36.4 Å². The second-order valence-electron chi connectivity index (χ2n) is 6.50. The van der Waals surface area contributed by atoms with E-state index in [-0.39, 0.29) is 5.75 Å². The number of nitrogens with zero attached hydrogens (tertiary/aromatic N) is 2. The lowest BCUT2D eigenvalue weighted by Crippen LogP contribution is -2.15. The van der Waals surface area contributed by atoms with Crippen molar-refractivity contribution in [2.24, 2.45) is 0 Å². The predicted octanol–water partition coefficient (Wildman–Crippen LogP) is 4.28. The van der Waals surface area contributed by atoms with E-state index >= 15 is 0 Å². The predicted molar refractivity (Wildman–Crippen MR) is 112 cm³/mol. The maximum absolute atomic E-state index is 11.9. The summed E-state index contributed by atoms with van der Waals surface area (Å²) in [6.45, 7) is 6.16. The average Bonchev–Trinajstić information content (AvgIpc) is 3.01. The number of benzene rings is 2. The molecule has 0 saturated heterocycles. The molecule has 6 nitrogen and oxygen atoms in total.